The van der Waals surface area contributed by atoms with E-state index in [-0.39, 0.29) is 22.4 Å². The lowest BCUT2D eigenvalue weighted by atomic mass is 9.89. The van der Waals surface area contributed by atoms with Crippen molar-refractivity contribution in [3.8, 4) is 0 Å². The molecular weight excluding hydrogens is 429 g/mol. The van der Waals surface area contributed by atoms with Crippen LogP contribution in [0.2, 0.25) is 5.02 Å². The molecule has 2 fully saturated rings. The van der Waals surface area contributed by atoms with Crippen LogP contribution in [0.3, 0.4) is 0 Å². The van der Waals surface area contributed by atoms with Gasteiger partial charge in [0, 0.05) is 18.8 Å². The summed E-state index contributed by atoms with van der Waals surface area (Å²) in [7, 11) is -2.56. The second kappa shape index (κ2) is 7.37. The first-order valence-corrected chi connectivity index (χ1v) is 12.4. The zero-order valence-electron chi connectivity index (χ0n) is 16.3. The summed E-state index contributed by atoms with van der Waals surface area (Å²) in [6.45, 7) is 0.666. The van der Waals surface area contributed by atoms with Gasteiger partial charge in [0.25, 0.3) is 5.91 Å². The minimum absolute atomic E-state index is 0.0500. The molecule has 3 aliphatic rings. The summed E-state index contributed by atoms with van der Waals surface area (Å²) < 4.78 is 33.2. The normalized spacial score (nSPS) is 25.1. The quantitative estimate of drug-likeness (QED) is 0.598. The molecule has 0 spiro atoms. The Kier molecular flexibility index (Phi) is 4.93. The predicted octanol–water partition coefficient (Wildman–Crippen LogP) is 5.19. The van der Waals surface area contributed by atoms with Crippen molar-refractivity contribution in [1.29, 1.82) is 0 Å². The number of amides is 1. The van der Waals surface area contributed by atoms with E-state index >= 15 is 0 Å². The molecular formula is C21H23ClFN3O3S. The van der Waals surface area contributed by atoms with Crippen molar-refractivity contribution in [3.63, 3.8) is 0 Å². The molecule has 1 aromatic heterocycles. The van der Waals surface area contributed by atoms with Crippen LogP contribution < -0.4 is 5.32 Å². The van der Waals surface area contributed by atoms with E-state index in [2.05, 4.69) is 10.3 Å². The summed E-state index contributed by atoms with van der Waals surface area (Å²) >= 11 is 5.92. The molecule has 9 heteroatoms. The summed E-state index contributed by atoms with van der Waals surface area (Å²) in [5.74, 6) is 0.538. The third kappa shape index (κ3) is 3.45. The van der Waals surface area contributed by atoms with Crippen LogP contribution in [0.25, 0.3) is 0 Å². The van der Waals surface area contributed by atoms with E-state index in [1.54, 1.807) is 23.2 Å². The fourth-order valence-electron chi connectivity index (χ4n) is 4.98. The number of halogens is 2. The van der Waals surface area contributed by atoms with Gasteiger partial charge in [-0.3, -0.25) is 13.9 Å². The number of carbonyl (C=O) groups is 1. The second-order valence-corrected chi connectivity index (χ2v) is 11.1. The zero-order valence-corrected chi connectivity index (χ0v) is 17.8. The maximum Gasteiger partial charge on any atom is 0.272 e. The molecule has 1 amide bonds. The Morgan fingerprint density at radius 2 is 1.90 bits per heavy atom. The molecule has 2 bridgehead atoms. The smallest absolute Gasteiger partial charge is 0.272 e. The molecule has 2 aromatic rings. The monoisotopic (exact) mass is 451 g/mol. The van der Waals surface area contributed by atoms with Crippen LogP contribution in [0, 0.1) is 5.82 Å². The van der Waals surface area contributed by atoms with E-state index in [9.17, 15) is 18.3 Å². The number of rotatable bonds is 3. The van der Waals surface area contributed by atoms with Crippen molar-refractivity contribution in [2.24, 2.45) is 0 Å². The molecule has 2 unspecified atom stereocenters. The van der Waals surface area contributed by atoms with Crippen LogP contribution in [0.5, 0.6) is 0 Å². The number of fused-ring (bicyclic) bond motifs is 5. The van der Waals surface area contributed by atoms with Crippen LogP contribution in [0.1, 0.15) is 52.7 Å². The van der Waals surface area contributed by atoms with E-state index in [1.165, 1.54) is 6.07 Å². The molecule has 30 heavy (non-hydrogen) atoms. The van der Waals surface area contributed by atoms with Gasteiger partial charge in [0.1, 0.15) is 11.5 Å². The van der Waals surface area contributed by atoms with Crippen molar-refractivity contribution in [1.82, 2.24) is 9.88 Å². The van der Waals surface area contributed by atoms with Gasteiger partial charge in [0.05, 0.1) is 28.4 Å². The lowest BCUT2D eigenvalue weighted by molar-refractivity contribution is 0.0760. The number of hydrogen-bond donors (Lipinski definition) is 3. The SMILES string of the molecule is O=C(c1ncc(Nc2ccc(F)c(Cl)c2)c2c1C1CCC2C1)N1CCS(O)(O)CC1. The Morgan fingerprint density at radius 3 is 2.60 bits per heavy atom. The fourth-order valence-corrected chi connectivity index (χ4v) is 6.39. The standard InChI is InChI=1S/C21H23ClFN3O3S/c22-15-10-14(3-4-16(15)23)25-17-11-24-20(19-13-2-1-12(9-13)18(17)19)21(27)26-5-7-30(28,29)8-6-26/h3-4,10-13,25,28-29H,1-2,5-9H2. The van der Waals surface area contributed by atoms with E-state index in [0.717, 1.165) is 36.1 Å². The molecule has 2 aliphatic carbocycles. The Morgan fingerprint density at radius 1 is 1.20 bits per heavy atom. The highest BCUT2D eigenvalue weighted by Crippen LogP contribution is 2.56. The predicted molar refractivity (Wildman–Crippen MR) is 117 cm³/mol. The minimum Gasteiger partial charge on any atom is -0.354 e. The zero-order chi connectivity index (χ0) is 21.0. The Balaban J connectivity index is 1.48. The summed E-state index contributed by atoms with van der Waals surface area (Å²) in [5, 5.41) is 3.36. The van der Waals surface area contributed by atoms with Gasteiger partial charge in [0.2, 0.25) is 0 Å². The van der Waals surface area contributed by atoms with Crippen molar-refractivity contribution in [2.45, 2.75) is 31.1 Å². The van der Waals surface area contributed by atoms with Gasteiger partial charge in [-0.25, -0.2) is 9.37 Å². The average molecular weight is 452 g/mol. The number of anilines is 2. The first-order valence-electron chi connectivity index (χ1n) is 10.1. The van der Waals surface area contributed by atoms with E-state index in [1.807, 2.05) is 0 Å². The highest BCUT2D eigenvalue weighted by molar-refractivity contribution is 8.24. The molecule has 1 aliphatic heterocycles. The summed E-state index contributed by atoms with van der Waals surface area (Å²) in [6.07, 6.45) is 4.83. The van der Waals surface area contributed by atoms with E-state index in [4.69, 9.17) is 11.6 Å². The first-order chi connectivity index (χ1) is 14.3. The number of hydrogen-bond acceptors (Lipinski definition) is 5. The lowest BCUT2D eigenvalue weighted by Gasteiger charge is -2.41. The molecule has 6 nitrogen and oxygen atoms in total. The van der Waals surface area contributed by atoms with E-state index < -0.39 is 16.4 Å². The molecule has 160 valence electrons. The Hall–Kier alpha value is -1.87. The van der Waals surface area contributed by atoms with Crippen molar-refractivity contribution < 1.29 is 18.3 Å². The Bertz CT molecular complexity index is 1020. The fraction of sp³-hybridized carbons (Fsp3) is 0.429. The Labute approximate surface area is 180 Å². The van der Waals surface area contributed by atoms with Crippen LogP contribution in [0.15, 0.2) is 24.4 Å². The van der Waals surface area contributed by atoms with Gasteiger partial charge >= 0.3 is 0 Å². The molecule has 2 heterocycles. The maximum atomic E-state index is 13.5. The second-order valence-electron chi connectivity index (χ2n) is 8.31. The van der Waals surface area contributed by atoms with Gasteiger partial charge in [-0.15, -0.1) is 0 Å². The molecule has 1 saturated heterocycles. The molecule has 1 aromatic carbocycles. The van der Waals surface area contributed by atoms with Gasteiger partial charge in [-0.05, 0) is 60.4 Å². The van der Waals surface area contributed by atoms with Crippen molar-refractivity contribution in [2.75, 3.05) is 29.9 Å². The topological polar surface area (TPSA) is 85.7 Å². The third-order valence-electron chi connectivity index (χ3n) is 6.47. The molecule has 1 saturated carbocycles. The minimum atomic E-state index is -2.56. The van der Waals surface area contributed by atoms with E-state index in [0.29, 0.717) is 36.3 Å². The van der Waals surface area contributed by atoms with Crippen LogP contribution in [-0.4, -0.2) is 49.5 Å². The summed E-state index contributed by atoms with van der Waals surface area (Å²) in [4.78, 5) is 19.4. The summed E-state index contributed by atoms with van der Waals surface area (Å²) in [6, 6.07) is 4.50. The number of nitrogens with zero attached hydrogens (tertiary/aromatic N) is 2. The van der Waals surface area contributed by atoms with Crippen molar-refractivity contribution in [3.05, 3.63) is 52.1 Å². The van der Waals surface area contributed by atoms with Gasteiger partial charge in [-0.1, -0.05) is 11.6 Å². The highest BCUT2D eigenvalue weighted by atomic mass is 35.5. The van der Waals surface area contributed by atoms with Gasteiger partial charge < -0.3 is 10.2 Å². The lowest BCUT2D eigenvalue weighted by Crippen LogP contribution is -2.42. The van der Waals surface area contributed by atoms with Crippen LogP contribution >= 0.6 is 22.2 Å². The number of carbonyl (C=O) groups excluding carboxylic acids is 1. The molecule has 2 atom stereocenters. The van der Waals surface area contributed by atoms with Crippen molar-refractivity contribution >= 4 is 39.5 Å². The van der Waals surface area contributed by atoms with Crippen LogP contribution in [-0.2, 0) is 0 Å². The molecule has 3 N–H and O–H groups in total. The number of pyridine rings is 1. The third-order valence-corrected chi connectivity index (χ3v) is 8.43. The van der Waals surface area contributed by atoms with Gasteiger partial charge in [0.15, 0.2) is 0 Å². The first kappa shape index (κ1) is 20.1. The average Bonchev–Trinajstić information content (AvgIpc) is 3.33. The summed E-state index contributed by atoms with van der Waals surface area (Å²) in [5.41, 5.74) is 4.15. The number of nitrogens with one attached hydrogen (secondary N) is 1. The largest absolute Gasteiger partial charge is 0.354 e. The molecule has 5 rings (SSSR count). The number of benzene rings is 1. The molecule has 0 radical (unpaired) electrons. The highest BCUT2D eigenvalue weighted by Gasteiger charge is 2.42. The number of aromatic nitrogens is 1. The maximum absolute atomic E-state index is 13.5. The van der Waals surface area contributed by atoms with Gasteiger partial charge in [-0.2, -0.15) is 10.6 Å². The van der Waals surface area contributed by atoms with Crippen LogP contribution in [0.4, 0.5) is 15.8 Å².